The van der Waals surface area contributed by atoms with Gasteiger partial charge in [-0.2, -0.15) is 0 Å². The molecule has 1 rings (SSSR count). The van der Waals surface area contributed by atoms with Crippen LogP contribution in [0.4, 0.5) is 4.79 Å². The van der Waals surface area contributed by atoms with Gasteiger partial charge in [-0.1, -0.05) is 12.1 Å². The number of rotatable bonds is 2. The highest BCUT2D eigenvalue weighted by molar-refractivity contribution is 5.97. The molecule has 15 heavy (non-hydrogen) atoms. The lowest BCUT2D eigenvalue weighted by Crippen LogP contribution is -2.44. The van der Waals surface area contributed by atoms with Gasteiger partial charge >= 0.3 is 6.03 Å². The number of urea groups is 1. The van der Waals surface area contributed by atoms with Gasteiger partial charge in [0.1, 0.15) is 5.75 Å². The fraction of sp³-hybridized carbons (Fsp3) is 0.111. The van der Waals surface area contributed by atoms with Crippen molar-refractivity contribution in [1.29, 1.82) is 0 Å². The van der Waals surface area contributed by atoms with E-state index in [1.54, 1.807) is 24.3 Å². The number of benzene rings is 1. The molecule has 6 heteroatoms. The second-order valence-corrected chi connectivity index (χ2v) is 2.64. The van der Waals surface area contributed by atoms with Crippen molar-refractivity contribution in [3.63, 3.8) is 0 Å². The van der Waals surface area contributed by atoms with Crippen LogP contribution in [0, 0.1) is 0 Å². The number of para-hydroxylation sites is 1. The third-order valence-electron chi connectivity index (χ3n) is 1.65. The Hall–Kier alpha value is -2.24. The van der Waals surface area contributed by atoms with Crippen LogP contribution in [0.5, 0.6) is 5.75 Å². The highest BCUT2D eigenvalue weighted by Crippen LogP contribution is 2.16. The molecule has 80 valence electrons. The lowest BCUT2D eigenvalue weighted by Gasteiger charge is -2.08. The van der Waals surface area contributed by atoms with Gasteiger partial charge in [0.25, 0.3) is 5.91 Å². The van der Waals surface area contributed by atoms with Crippen LogP contribution in [0.15, 0.2) is 24.3 Å². The van der Waals surface area contributed by atoms with E-state index < -0.39 is 11.9 Å². The molecule has 0 aliphatic heterocycles. The van der Waals surface area contributed by atoms with Crippen molar-refractivity contribution in [1.82, 2.24) is 10.9 Å². The zero-order valence-corrected chi connectivity index (χ0v) is 8.11. The number of ether oxygens (including phenoxy) is 1. The molecule has 4 N–H and O–H groups in total. The summed E-state index contributed by atoms with van der Waals surface area (Å²) in [5.41, 5.74) is 9.22. The summed E-state index contributed by atoms with van der Waals surface area (Å²) in [5, 5.41) is 0. The first-order valence-corrected chi connectivity index (χ1v) is 4.14. The summed E-state index contributed by atoms with van der Waals surface area (Å²) in [7, 11) is 1.45. The molecule has 0 unspecified atom stereocenters. The van der Waals surface area contributed by atoms with Gasteiger partial charge in [0.2, 0.25) is 0 Å². The number of primary amides is 1. The van der Waals surface area contributed by atoms with Crippen molar-refractivity contribution in [2.75, 3.05) is 7.11 Å². The van der Waals surface area contributed by atoms with Gasteiger partial charge in [-0.15, -0.1) is 0 Å². The maximum Gasteiger partial charge on any atom is 0.330 e. The number of hydrogen-bond donors (Lipinski definition) is 3. The third-order valence-corrected chi connectivity index (χ3v) is 1.65. The first kappa shape index (κ1) is 10.8. The predicted molar refractivity (Wildman–Crippen MR) is 53.2 cm³/mol. The minimum Gasteiger partial charge on any atom is -0.496 e. The van der Waals surface area contributed by atoms with E-state index in [1.807, 2.05) is 5.43 Å². The van der Waals surface area contributed by atoms with Crippen LogP contribution in [-0.4, -0.2) is 19.0 Å². The zero-order valence-electron chi connectivity index (χ0n) is 8.11. The molecule has 0 saturated heterocycles. The molecule has 6 nitrogen and oxygen atoms in total. The van der Waals surface area contributed by atoms with Gasteiger partial charge in [-0.3, -0.25) is 10.2 Å². The maximum absolute atomic E-state index is 11.5. The molecular formula is C9H11N3O3. The average Bonchev–Trinajstić information content (AvgIpc) is 2.25. The largest absolute Gasteiger partial charge is 0.496 e. The Kier molecular flexibility index (Phi) is 3.50. The zero-order chi connectivity index (χ0) is 11.3. The number of nitrogens with one attached hydrogen (secondary N) is 2. The molecule has 0 heterocycles. The van der Waals surface area contributed by atoms with Gasteiger partial charge in [-0.25, -0.2) is 10.2 Å². The van der Waals surface area contributed by atoms with Crippen molar-refractivity contribution in [3.8, 4) is 5.75 Å². The molecule has 0 radical (unpaired) electrons. The second-order valence-electron chi connectivity index (χ2n) is 2.64. The summed E-state index contributed by atoms with van der Waals surface area (Å²) < 4.78 is 4.97. The summed E-state index contributed by atoms with van der Waals surface area (Å²) in [6.45, 7) is 0. The van der Waals surface area contributed by atoms with Gasteiger partial charge in [0, 0.05) is 0 Å². The van der Waals surface area contributed by atoms with Crippen molar-refractivity contribution in [3.05, 3.63) is 29.8 Å². The van der Waals surface area contributed by atoms with E-state index in [0.29, 0.717) is 11.3 Å². The number of carbonyl (C=O) groups is 2. The summed E-state index contributed by atoms with van der Waals surface area (Å²) in [5.74, 6) is -0.0764. The average molecular weight is 209 g/mol. The fourth-order valence-electron chi connectivity index (χ4n) is 1.02. The van der Waals surface area contributed by atoms with Crippen molar-refractivity contribution in [2.45, 2.75) is 0 Å². The molecule has 0 aromatic heterocycles. The monoisotopic (exact) mass is 209 g/mol. The molecule has 0 aliphatic carbocycles. The second kappa shape index (κ2) is 4.85. The number of hydrazine groups is 1. The standard InChI is InChI=1S/C9H11N3O3/c1-15-7-5-3-2-4-6(7)8(13)11-12-9(10)14/h2-5H,1H3,(H,11,13)(H3,10,12,14). The highest BCUT2D eigenvalue weighted by atomic mass is 16.5. The lowest BCUT2D eigenvalue weighted by molar-refractivity contribution is 0.0934. The first-order valence-electron chi connectivity index (χ1n) is 4.14. The first-order chi connectivity index (χ1) is 7.15. The third kappa shape index (κ3) is 2.87. The highest BCUT2D eigenvalue weighted by Gasteiger charge is 2.10. The van der Waals surface area contributed by atoms with Crippen LogP contribution in [0.3, 0.4) is 0 Å². The van der Waals surface area contributed by atoms with Crippen molar-refractivity contribution in [2.24, 2.45) is 5.73 Å². The number of amides is 3. The summed E-state index contributed by atoms with van der Waals surface area (Å²) in [6, 6.07) is 5.78. The Morgan fingerprint density at radius 3 is 2.53 bits per heavy atom. The van der Waals surface area contributed by atoms with Crippen molar-refractivity contribution < 1.29 is 14.3 Å². The number of nitrogens with two attached hydrogens (primary N) is 1. The van der Waals surface area contributed by atoms with Crippen molar-refractivity contribution >= 4 is 11.9 Å². The van der Waals surface area contributed by atoms with E-state index in [9.17, 15) is 9.59 Å². The van der Waals surface area contributed by atoms with E-state index in [-0.39, 0.29) is 0 Å². The van der Waals surface area contributed by atoms with E-state index in [4.69, 9.17) is 10.5 Å². The molecule has 0 saturated carbocycles. The van der Waals surface area contributed by atoms with Gasteiger partial charge in [0.15, 0.2) is 0 Å². The summed E-state index contributed by atoms with van der Waals surface area (Å²) in [6.07, 6.45) is 0. The maximum atomic E-state index is 11.5. The summed E-state index contributed by atoms with van der Waals surface area (Å²) in [4.78, 5) is 21.8. The van der Waals surface area contributed by atoms with Gasteiger partial charge in [-0.05, 0) is 12.1 Å². The SMILES string of the molecule is COc1ccccc1C(=O)NNC(N)=O. The van der Waals surface area contributed by atoms with Crippen LogP contribution in [0.25, 0.3) is 0 Å². The molecule has 1 aromatic rings. The van der Waals surface area contributed by atoms with E-state index in [1.165, 1.54) is 7.11 Å². The molecule has 0 bridgehead atoms. The normalized spacial score (nSPS) is 9.13. The summed E-state index contributed by atoms with van der Waals surface area (Å²) >= 11 is 0. The minimum absolute atomic E-state index is 0.314. The Balaban J connectivity index is 2.77. The number of methoxy groups -OCH3 is 1. The predicted octanol–water partition coefficient (Wildman–Crippen LogP) is 0.00830. The lowest BCUT2D eigenvalue weighted by atomic mass is 10.2. The minimum atomic E-state index is -0.835. The fourth-order valence-corrected chi connectivity index (χ4v) is 1.02. The van der Waals surface area contributed by atoms with E-state index in [0.717, 1.165) is 0 Å². The Morgan fingerprint density at radius 1 is 1.27 bits per heavy atom. The molecule has 0 atom stereocenters. The molecule has 1 aromatic carbocycles. The Labute approximate surface area is 86.4 Å². The molecular weight excluding hydrogens is 198 g/mol. The van der Waals surface area contributed by atoms with Crippen LogP contribution in [0.2, 0.25) is 0 Å². The smallest absolute Gasteiger partial charge is 0.330 e. The van der Waals surface area contributed by atoms with Crippen LogP contribution in [0.1, 0.15) is 10.4 Å². The van der Waals surface area contributed by atoms with Gasteiger partial charge in [0.05, 0.1) is 12.7 Å². The number of hydrogen-bond acceptors (Lipinski definition) is 3. The Bertz CT molecular complexity index is 379. The molecule has 0 aliphatic rings. The molecule has 0 spiro atoms. The Morgan fingerprint density at radius 2 is 1.93 bits per heavy atom. The topological polar surface area (TPSA) is 93.4 Å². The van der Waals surface area contributed by atoms with E-state index >= 15 is 0 Å². The van der Waals surface area contributed by atoms with E-state index in [2.05, 4.69) is 5.43 Å². The quantitative estimate of drug-likeness (QED) is 0.599. The van der Waals surface area contributed by atoms with Crippen LogP contribution < -0.4 is 21.3 Å². The number of carbonyl (C=O) groups excluding carboxylic acids is 2. The van der Waals surface area contributed by atoms with Crippen LogP contribution >= 0.6 is 0 Å². The molecule has 3 amide bonds. The van der Waals surface area contributed by atoms with Crippen LogP contribution in [-0.2, 0) is 0 Å². The molecule has 0 fully saturated rings. The van der Waals surface area contributed by atoms with Gasteiger partial charge < -0.3 is 10.5 Å².